The highest BCUT2D eigenvalue weighted by molar-refractivity contribution is 7.93. The number of hydrogen-bond acceptors (Lipinski definition) is 5. The van der Waals surface area contributed by atoms with Gasteiger partial charge in [-0.1, -0.05) is 35.9 Å². The van der Waals surface area contributed by atoms with Crippen LogP contribution in [0.15, 0.2) is 53.9 Å². The highest BCUT2D eigenvalue weighted by Gasteiger charge is 2.30. The molecule has 10 heteroatoms. The van der Waals surface area contributed by atoms with E-state index in [2.05, 4.69) is 6.58 Å². The van der Waals surface area contributed by atoms with E-state index in [9.17, 15) is 18.3 Å². The van der Waals surface area contributed by atoms with Crippen LogP contribution in [0, 0.1) is 0 Å². The second kappa shape index (κ2) is 9.18. The topological polar surface area (TPSA) is 93.1 Å². The molecule has 2 rings (SSSR count). The average molecular weight is 446 g/mol. The molecule has 0 aromatic heterocycles. The van der Waals surface area contributed by atoms with Gasteiger partial charge in [0, 0.05) is 0 Å². The minimum Gasteiger partial charge on any atom is -0.495 e. The highest BCUT2D eigenvalue weighted by atomic mass is 35.5. The summed E-state index contributed by atoms with van der Waals surface area (Å²) in [7, 11) is -2.97. The maximum Gasteiger partial charge on any atom is 0.324 e. The van der Waals surface area contributed by atoms with Crippen molar-refractivity contribution in [2.24, 2.45) is 0 Å². The van der Waals surface area contributed by atoms with Gasteiger partial charge >= 0.3 is 5.97 Å². The van der Waals surface area contributed by atoms with E-state index in [1.54, 1.807) is 6.08 Å². The molecule has 0 fully saturated rings. The number of aliphatic carboxylic acids is 1. The Bertz CT molecular complexity index is 976. The van der Waals surface area contributed by atoms with Gasteiger partial charge in [-0.2, -0.15) is 0 Å². The maximum atomic E-state index is 13.1. The second-order valence-corrected chi connectivity index (χ2v) is 7.98. The standard InChI is InChI=1S/C18H17Cl2NO6S/c1-3-10-27-13-6-4-12(5-7-13)21(11-16(22)23)28(24,25)15-9-8-14(26-2)17(19)18(15)20/h3-9H,1,10-11H2,2H3,(H,22,23). The number of rotatable bonds is 9. The van der Waals surface area contributed by atoms with Crippen molar-refractivity contribution in [3.8, 4) is 11.5 Å². The molecule has 1 N–H and O–H groups in total. The number of anilines is 1. The number of methoxy groups -OCH3 is 1. The molecule has 7 nitrogen and oxygen atoms in total. The smallest absolute Gasteiger partial charge is 0.324 e. The van der Waals surface area contributed by atoms with Crippen LogP contribution in [0.3, 0.4) is 0 Å². The van der Waals surface area contributed by atoms with E-state index in [4.69, 9.17) is 32.7 Å². The number of halogens is 2. The average Bonchev–Trinajstić information content (AvgIpc) is 2.66. The summed E-state index contributed by atoms with van der Waals surface area (Å²) >= 11 is 12.2. The molecule has 0 atom stereocenters. The van der Waals surface area contributed by atoms with Gasteiger partial charge in [0.2, 0.25) is 0 Å². The van der Waals surface area contributed by atoms with Gasteiger partial charge in [-0.15, -0.1) is 0 Å². The first-order valence-electron chi connectivity index (χ1n) is 7.82. The van der Waals surface area contributed by atoms with Crippen LogP contribution < -0.4 is 13.8 Å². The molecule has 0 aliphatic heterocycles. The van der Waals surface area contributed by atoms with E-state index in [1.807, 2.05) is 0 Å². The van der Waals surface area contributed by atoms with E-state index >= 15 is 0 Å². The third-order valence-electron chi connectivity index (χ3n) is 3.57. The minimum atomic E-state index is -4.33. The Labute approximate surface area is 172 Å². The van der Waals surface area contributed by atoms with Crippen LogP contribution >= 0.6 is 23.2 Å². The third-order valence-corrected chi connectivity index (χ3v) is 6.36. The number of carboxylic acid groups (broad SMARTS) is 1. The first kappa shape index (κ1) is 21.9. The van der Waals surface area contributed by atoms with Gasteiger partial charge in [-0.3, -0.25) is 9.10 Å². The number of ether oxygens (including phenoxy) is 2. The molecule has 2 aromatic carbocycles. The van der Waals surface area contributed by atoms with Gasteiger partial charge in [0.25, 0.3) is 10.0 Å². The summed E-state index contributed by atoms with van der Waals surface area (Å²) < 4.78 is 37.3. The van der Waals surface area contributed by atoms with E-state index in [0.29, 0.717) is 5.75 Å². The number of sulfonamides is 1. The van der Waals surface area contributed by atoms with Crippen molar-refractivity contribution in [2.45, 2.75) is 4.90 Å². The Morgan fingerprint density at radius 2 is 1.82 bits per heavy atom. The zero-order chi connectivity index (χ0) is 20.9. The maximum absolute atomic E-state index is 13.1. The summed E-state index contributed by atoms with van der Waals surface area (Å²) in [6, 6.07) is 8.44. The lowest BCUT2D eigenvalue weighted by Crippen LogP contribution is -2.35. The molecule has 150 valence electrons. The molecule has 2 aromatic rings. The lowest BCUT2D eigenvalue weighted by molar-refractivity contribution is -0.135. The fraction of sp³-hybridized carbons (Fsp3) is 0.167. The van der Waals surface area contributed by atoms with E-state index in [1.165, 1.54) is 43.5 Å². The first-order valence-corrected chi connectivity index (χ1v) is 10.0. The molecule has 0 aliphatic rings. The minimum absolute atomic E-state index is 0.0892. The normalized spacial score (nSPS) is 11.0. The lowest BCUT2D eigenvalue weighted by atomic mass is 10.3. The molecular formula is C18H17Cl2NO6S. The molecule has 0 spiro atoms. The summed E-state index contributed by atoms with van der Waals surface area (Å²) in [6.45, 7) is 3.00. The van der Waals surface area contributed by atoms with Gasteiger partial charge in [0.15, 0.2) is 0 Å². The van der Waals surface area contributed by atoms with Crippen LogP contribution in [0.2, 0.25) is 10.0 Å². The second-order valence-electron chi connectivity index (χ2n) is 5.39. The Morgan fingerprint density at radius 1 is 1.18 bits per heavy atom. The number of carbonyl (C=O) groups is 1. The van der Waals surface area contributed by atoms with Crippen LogP contribution in [0.25, 0.3) is 0 Å². The van der Waals surface area contributed by atoms with Crippen molar-refractivity contribution in [3.05, 3.63) is 59.1 Å². The van der Waals surface area contributed by atoms with Gasteiger partial charge in [-0.25, -0.2) is 8.42 Å². The third kappa shape index (κ3) is 4.70. The van der Waals surface area contributed by atoms with Gasteiger partial charge in [-0.05, 0) is 36.4 Å². The molecule has 0 radical (unpaired) electrons. The zero-order valence-corrected chi connectivity index (χ0v) is 17.1. The molecule has 0 saturated carbocycles. The molecule has 0 aliphatic carbocycles. The fourth-order valence-corrected chi connectivity index (χ4v) is 4.52. The predicted molar refractivity (Wildman–Crippen MR) is 107 cm³/mol. The van der Waals surface area contributed by atoms with Crippen molar-refractivity contribution in [2.75, 3.05) is 24.6 Å². The summed E-state index contributed by atoms with van der Waals surface area (Å²) in [6.07, 6.45) is 1.56. The number of hydrogen-bond donors (Lipinski definition) is 1. The van der Waals surface area contributed by atoms with Crippen LogP contribution in [0.5, 0.6) is 11.5 Å². The van der Waals surface area contributed by atoms with Crippen molar-refractivity contribution >= 4 is 44.9 Å². The quantitative estimate of drug-likeness (QED) is 0.589. The van der Waals surface area contributed by atoms with Crippen molar-refractivity contribution in [3.63, 3.8) is 0 Å². The number of carboxylic acids is 1. The Balaban J connectivity index is 2.51. The molecule has 0 heterocycles. The Kier molecular flexibility index (Phi) is 7.17. The van der Waals surface area contributed by atoms with Crippen LogP contribution in [-0.2, 0) is 14.8 Å². The van der Waals surface area contributed by atoms with E-state index in [0.717, 1.165) is 4.31 Å². The fourth-order valence-electron chi connectivity index (χ4n) is 2.29. The summed E-state index contributed by atoms with van der Waals surface area (Å²) in [5, 5.41) is 8.86. The van der Waals surface area contributed by atoms with Crippen molar-refractivity contribution < 1.29 is 27.8 Å². The summed E-state index contributed by atoms with van der Waals surface area (Å²) in [4.78, 5) is 11.0. The number of nitrogens with zero attached hydrogens (tertiary/aromatic N) is 1. The largest absolute Gasteiger partial charge is 0.495 e. The van der Waals surface area contributed by atoms with Crippen molar-refractivity contribution in [1.82, 2.24) is 0 Å². The Morgan fingerprint density at radius 3 is 2.36 bits per heavy atom. The SMILES string of the molecule is C=CCOc1ccc(N(CC(=O)O)S(=O)(=O)c2ccc(OC)c(Cl)c2Cl)cc1. The number of benzene rings is 2. The van der Waals surface area contributed by atoms with Crippen LogP contribution in [0.4, 0.5) is 5.69 Å². The lowest BCUT2D eigenvalue weighted by Gasteiger charge is -2.24. The Hall–Kier alpha value is -2.42. The van der Waals surface area contributed by atoms with E-state index < -0.39 is 22.5 Å². The van der Waals surface area contributed by atoms with Gasteiger partial charge in [0.1, 0.15) is 34.6 Å². The highest BCUT2D eigenvalue weighted by Crippen LogP contribution is 2.38. The van der Waals surface area contributed by atoms with Gasteiger partial charge in [0.05, 0.1) is 17.8 Å². The zero-order valence-electron chi connectivity index (χ0n) is 14.8. The van der Waals surface area contributed by atoms with Crippen molar-refractivity contribution in [1.29, 1.82) is 0 Å². The van der Waals surface area contributed by atoms with Gasteiger partial charge < -0.3 is 14.6 Å². The summed E-state index contributed by atoms with van der Waals surface area (Å²) in [5.41, 5.74) is 0.122. The molecule has 0 saturated heterocycles. The van der Waals surface area contributed by atoms with Crippen LogP contribution in [-0.4, -0.2) is 39.8 Å². The summed E-state index contributed by atoms with van der Waals surface area (Å²) in [5.74, 6) is -0.674. The predicted octanol–water partition coefficient (Wildman–Crippen LogP) is 3.85. The molecule has 0 amide bonds. The molecule has 0 unspecified atom stereocenters. The van der Waals surface area contributed by atoms with Crippen LogP contribution in [0.1, 0.15) is 0 Å². The molecule has 28 heavy (non-hydrogen) atoms. The molecular weight excluding hydrogens is 429 g/mol. The monoisotopic (exact) mass is 445 g/mol. The molecule has 0 bridgehead atoms. The first-order chi connectivity index (χ1) is 13.2. The van der Waals surface area contributed by atoms with E-state index in [-0.39, 0.29) is 33.0 Å².